The van der Waals surface area contributed by atoms with E-state index >= 15 is 0 Å². The molecule has 1 rings (SSSR count). The molecule has 15 heavy (non-hydrogen) atoms. The molecule has 0 saturated carbocycles. The predicted molar refractivity (Wildman–Crippen MR) is 57.8 cm³/mol. The molecule has 1 heterocycles. The molecule has 4 nitrogen and oxygen atoms in total. The maximum absolute atomic E-state index is 10.6. The molecule has 0 fully saturated rings. The van der Waals surface area contributed by atoms with Gasteiger partial charge in [-0.25, -0.2) is 9.78 Å². The molecule has 4 heteroatoms. The van der Waals surface area contributed by atoms with Crippen LogP contribution in [0.15, 0.2) is 18.2 Å². The van der Waals surface area contributed by atoms with Crippen LogP contribution in [-0.2, 0) is 0 Å². The summed E-state index contributed by atoms with van der Waals surface area (Å²) in [4.78, 5) is 14.5. The van der Waals surface area contributed by atoms with Gasteiger partial charge in [-0.15, -0.1) is 12.3 Å². The Morgan fingerprint density at radius 2 is 2.40 bits per heavy atom. The predicted octanol–water partition coefficient (Wildman–Crippen LogP) is 1.61. The summed E-state index contributed by atoms with van der Waals surface area (Å²) in [5.41, 5.74) is 0.0388. The molecule has 0 aliphatic carbocycles. The van der Waals surface area contributed by atoms with Crippen LogP contribution in [0.5, 0.6) is 0 Å². The van der Waals surface area contributed by atoms with Crippen molar-refractivity contribution in [3.05, 3.63) is 23.9 Å². The Hall–Kier alpha value is -2.02. The summed E-state index contributed by atoms with van der Waals surface area (Å²) in [6.45, 7) is 0.695. The molecular weight excluding hydrogens is 192 g/mol. The number of nitrogens with one attached hydrogen (secondary N) is 1. The van der Waals surface area contributed by atoms with Crippen molar-refractivity contribution in [1.29, 1.82) is 0 Å². The third-order valence-electron chi connectivity index (χ3n) is 1.77. The van der Waals surface area contributed by atoms with Crippen LogP contribution in [0.2, 0.25) is 0 Å². The second-order valence-electron chi connectivity index (χ2n) is 2.95. The fraction of sp³-hybridized carbons (Fsp3) is 0.273. The van der Waals surface area contributed by atoms with Gasteiger partial charge < -0.3 is 10.4 Å². The Balaban J connectivity index is 2.51. The lowest BCUT2D eigenvalue weighted by Gasteiger charge is -2.04. The normalized spacial score (nSPS) is 9.27. The zero-order valence-electron chi connectivity index (χ0n) is 8.23. The molecule has 78 valence electrons. The Bertz CT molecular complexity index is 382. The van der Waals surface area contributed by atoms with E-state index in [1.807, 2.05) is 0 Å². The first-order valence-corrected chi connectivity index (χ1v) is 4.61. The molecule has 0 aromatic carbocycles. The molecule has 0 unspecified atom stereocenters. The summed E-state index contributed by atoms with van der Waals surface area (Å²) in [5, 5.41) is 11.7. The standard InChI is InChI=1S/C11H12N2O2/c1-2-3-4-8-12-10-7-5-6-9(13-10)11(14)15/h1,5-7H,3-4,8H2,(H,12,13)(H,14,15). The first-order chi connectivity index (χ1) is 7.24. The van der Waals surface area contributed by atoms with Gasteiger partial charge in [-0.1, -0.05) is 6.07 Å². The topological polar surface area (TPSA) is 62.2 Å². The van der Waals surface area contributed by atoms with E-state index in [4.69, 9.17) is 11.5 Å². The molecular formula is C11H12N2O2. The highest BCUT2D eigenvalue weighted by atomic mass is 16.4. The second kappa shape index (κ2) is 5.66. The Morgan fingerprint density at radius 1 is 1.60 bits per heavy atom. The highest BCUT2D eigenvalue weighted by Crippen LogP contribution is 2.04. The number of carboxylic acids is 1. The van der Waals surface area contributed by atoms with Crippen molar-refractivity contribution in [2.75, 3.05) is 11.9 Å². The van der Waals surface area contributed by atoms with Crippen molar-refractivity contribution in [2.24, 2.45) is 0 Å². The van der Waals surface area contributed by atoms with Crippen molar-refractivity contribution in [3.63, 3.8) is 0 Å². The minimum Gasteiger partial charge on any atom is -0.477 e. The van der Waals surface area contributed by atoms with Crippen molar-refractivity contribution >= 4 is 11.8 Å². The minimum absolute atomic E-state index is 0.0388. The zero-order chi connectivity index (χ0) is 11.1. The summed E-state index contributed by atoms with van der Waals surface area (Å²) in [6, 6.07) is 4.83. The lowest BCUT2D eigenvalue weighted by atomic mass is 10.3. The lowest BCUT2D eigenvalue weighted by molar-refractivity contribution is 0.0690. The number of aromatic carboxylic acids is 1. The van der Waals surface area contributed by atoms with Crippen LogP contribution in [0.25, 0.3) is 0 Å². The lowest BCUT2D eigenvalue weighted by Crippen LogP contribution is -2.06. The van der Waals surface area contributed by atoms with Crippen LogP contribution < -0.4 is 5.32 Å². The number of nitrogens with zero attached hydrogens (tertiary/aromatic N) is 1. The van der Waals surface area contributed by atoms with Crippen LogP contribution in [0, 0.1) is 12.3 Å². The van der Waals surface area contributed by atoms with Crippen LogP contribution in [-0.4, -0.2) is 22.6 Å². The summed E-state index contributed by atoms with van der Waals surface area (Å²) < 4.78 is 0. The third-order valence-corrected chi connectivity index (χ3v) is 1.77. The average molecular weight is 204 g/mol. The van der Waals surface area contributed by atoms with Crippen LogP contribution in [0.3, 0.4) is 0 Å². The van der Waals surface area contributed by atoms with Gasteiger partial charge in [0.15, 0.2) is 5.69 Å². The summed E-state index contributed by atoms with van der Waals surface area (Å²) in [6.07, 6.45) is 6.64. The van der Waals surface area contributed by atoms with Gasteiger partial charge >= 0.3 is 5.97 Å². The van der Waals surface area contributed by atoms with Gasteiger partial charge in [-0.05, 0) is 18.6 Å². The summed E-state index contributed by atoms with van der Waals surface area (Å²) >= 11 is 0. The minimum atomic E-state index is -1.03. The molecule has 1 aromatic heterocycles. The quantitative estimate of drug-likeness (QED) is 0.565. The highest BCUT2D eigenvalue weighted by molar-refractivity contribution is 5.85. The van der Waals surface area contributed by atoms with Gasteiger partial charge in [0.25, 0.3) is 0 Å². The molecule has 0 aliphatic rings. The van der Waals surface area contributed by atoms with Gasteiger partial charge in [-0.3, -0.25) is 0 Å². The molecule has 0 radical (unpaired) electrons. The largest absolute Gasteiger partial charge is 0.477 e. The number of anilines is 1. The maximum atomic E-state index is 10.6. The first kappa shape index (κ1) is 11.1. The zero-order valence-corrected chi connectivity index (χ0v) is 8.23. The van der Waals surface area contributed by atoms with E-state index in [0.717, 1.165) is 6.42 Å². The van der Waals surface area contributed by atoms with Crippen molar-refractivity contribution in [2.45, 2.75) is 12.8 Å². The number of aromatic nitrogens is 1. The monoisotopic (exact) mass is 204 g/mol. The molecule has 0 amide bonds. The number of hydrogen-bond donors (Lipinski definition) is 2. The number of rotatable bonds is 5. The molecule has 2 N–H and O–H groups in total. The van der Waals surface area contributed by atoms with E-state index in [9.17, 15) is 4.79 Å². The van der Waals surface area contributed by atoms with E-state index in [0.29, 0.717) is 18.8 Å². The van der Waals surface area contributed by atoms with Gasteiger partial charge in [0.2, 0.25) is 0 Å². The summed E-state index contributed by atoms with van der Waals surface area (Å²) in [7, 11) is 0. The molecule has 0 aliphatic heterocycles. The van der Waals surface area contributed by atoms with Gasteiger partial charge in [0, 0.05) is 13.0 Å². The number of carboxylic acid groups (broad SMARTS) is 1. The van der Waals surface area contributed by atoms with Gasteiger partial charge in [-0.2, -0.15) is 0 Å². The number of unbranched alkanes of at least 4 members (excludes halogenated alkanes) is 1. The molecule has 0 atom stereocenters. The van der Waals surface area contributed by atoms with E-state index in [2.05, 4.69) is 16.2 Å². The highest BCUT2D eigenvalue weighted by Gasteiger charge is 2.03. The number of pyridine rings is 1. The second-order valence-corrected chi connectivity index (χ2v) is 2.95. The molecule has 0 spiro atoms. The van der Waals surface area contributed by atoms with E-state index in [1.165, 1.54) is 6.07 Å². The SMILES string of the molecule is C#CCCCNc1cccc(C(=O)O)n1. The smallest absolute Gasteiger partial charge is 0.354 e. The van der Waals surface area contributed by atoms with E-state index in [1.54, 1.807) is 12.1 Å². The van der Waals surface area contributed by atoms with E-state index < -0.39 is 5.97 Å². The van der Waals surface area contributed by atoms with Crippen LogP contribution >= 0.6 is 0 Å². The van der Waals surface area contributed by atoms with Gasteiger partial charge in [0.05, 0.1) is 0 Å². The third kappa shape index (κ3) is 3.69. The van der Waals surface area contributed by atoms with E-state index in [-0.39, 0.29) is 5.69 Å². The molecule has 0 bridgehead atoms. The fourth-order valence-corrected chi connectivity index (χ4v) is 1.06. The summed E-state index contributed by atoms with van der Waals surface area (Å²) in [5.74, 6) is 2.07. The molecule has 0 saturated heterocycles. The molecule has 1 aromatic rings. The Morgan fingerprint density at radius 3 is 3.07 bits per heavy atom. The fourth-order valence-electron chi connectivity index (χ4n) is 1.06. The van der Waals surface area contributed by atoms with Crippen LogP contribution in [0.1, 0.15) is 23.3 Å². The Labute approximate surface area is 88.3 Å². The Kier molecular flexibility index (Phi) is 4.17. The number of terminal acetylenes is 1. The van der Waals surface area contributed by atoms with Crippen molar-refractivity contribution in [3.8, 4) is 12.3 Å². The van der Waals surface area contributed by atoms with Crippen molar-refractivity contribution < 1.29 is 9.90 Å². The number of carbonyl (C=O) groups is 1. The number of hydrogen-bond acceptors (Lipinski definition) is 3. The van der Waals surface area contributed by atoms with Crippen LogP contribution in [0.4, 0.5) is 5.82 Å². The maximum Gasteiger partial charge on any atom is 0.354 e. The van der Waals surface area contributed by atoms with Crippen molar-refractivity contribution in [1.82, 2.24) is 4.98 Å². The van der Waals surface area contributed by atoms with Gasteiger partial charge in [0.1, 0.15) is 5.82 Å². The average Bonchev–Trinajstić information content (AvgIpc) is 2.25. The first-order valence-electron chi connectivity index (χ1n) is 4.61.